The van der Waals surface area contributed by atoms with Crippen molar-refractivity contribution in [2.45, 2.75) is 43.9 Å². The van der Waals surface area contributed by atoms with Crippen molar-refractivity contribution in [2.75, 3.05) is 12.8 Å². The first-order valence-electron chi connectivity index (χ1n) is 5.86. The van der Waals surface area contributed by atoms with Gasteiger partial charge in [0.1, 0.15) is 0 Å². The molecule has 5 heteroatoms. The Labute approximate surface area is 99.8 Å². The van der Waals surface area contributed by atoms with Crippen molar-refractivity contribution in [2.24, 2.45) is 11.7 Å². The third-order valence-corrected chi connectivity index (χ3v) is 4.63. The average molecular weight is 246 g/mol. The van der Waals surface area contributed by atoms with Crippen LogP contribution in [0.15, 0.2) is 0 Å². The van der Waals surface area contributed by atoms with E-state index in [0.29, 0.717) is 6.54 Å². The smallest absolute Gasteiger partial charge is 0.223 e. The molecule has 4 unspecified atom stereocenters. The molecule has 1 amide bonds. The zero-order chi connectivity index (χ0) is 12.1. The second-order valence-corrected chi connectivity index (χ2v) is 6.46. The second kappa shape index (κ2) is 6.35. The molecule has 1 aliphatic rings. The quantitative estimate of drug-likeness (QED) is 0.737. The molecule has 0 aromatic heterocycles. The highest BCUT2D eigenvalue weighted by Crippen LogP contribution is 2.23. The first-order chi connectivity index (χ1) is 7.50. The van der Waals surface area contributed by atoms with Crippen LogP contribution in [0.4, 0.5) is 0 Å². The molecule has 0 spiro atoms. The summed E-state index contributed by atoms with van der Waals surface area (Å²) in [6.45, 7) is 2.55. The van der Waals surface area contributed by atoms with Crippen LogP contribution in [0, 0.1) is 5.92 Å². The summed E-state index contributed by atoms with van der Waals surface area (Å²) in [5.74, 6) is 0.208. The molecule has 3 N–H and O–H groups in total. The molecule has 1 aliphatic carbocycles. The Bertz CT molecular complexity index is 271. The van der Waals surface area contributed by atoms with E-state index in [4.69, 9.17) is 5.73 Å². The van der Waals surface area contributed by atoms with Crippen molar-refractivity contribution in [1.29, 1.82) is 0 Å². The lowest BCUT2D eigenvalue weighted by molar-refractivity contribution is -0.124. The van der Waals surface area contributed by atoms with Crippen LogP contribution < -0.4 is 11.1 Å². The van der Waals surface area contributed by atoms with Gasteiger partial charge in [0.2, 0.25) is 5.91 Å². The zero-order valence-corrected chi connectivity index (χ0v) is 10.9. The summed E-state index contributed by atoms with van der Waals surface area (Å²) in [4.78, 5) is 11.7. The molecule has 0 bridgehead atoms. The van der Waals surface area contributed by atoms with Gasteiger partial charge >= 0.3 is 0 Å². The van der Waals surface area contributed by atoms with Gasteiger partial charge in [0.25, 0.3) is 0 Å². The molecular formula is C11H22N2O2S. The lowest BCUT2D eigenvalue weighted by Crippen LogP contribution is -2.32. The van der Waals surface area contributed by atoms with Crippen LogP contribution in [-0.2, 0) is 15.6 Å². The molecule has 0 heterocycles. The fraction of sp³-hybridized carbons (Fsp3) is 0.909. The fourth-order valence-corrected chi connectivity index (χ4v) is 2.41. The maximum atomic E-state index is 11.7. The number of carbonyl (C=O) groups excluding carboxylic acids is 1. The van der Waals surface area contributed by atoms with Crippen molar-refractivity contribution in [1.82, 2.24) is 5.32 Å². The Balaban J connectivity index is 2.18. The van der Waals surface area contributed by atoms with Crippen LogP contribution in [0.2, 0.25) is 0 Å². The molecule has 0 radical (unpaired) electrons. The summed E-state index contributed by atoms with van der Waals surface area (Å²) in [5, 5.41) is 3.05. The Morgan fingerprint density at radius 3 is 2.75 bits per heavy atom. The van der Waals surface area contributed by atoms with E-state index in [0.717, 1.165) is 25.7 Å². The van der Waals surface area contributed by atoms with Crippen LogP contribution in [0.3, 0.4) is 0 Å². The normalized spacial score (nSPS) is 28.7. The Kier molecular flexibility index (Phi) is 5.41. The number of rotatable bonds is 5. The lowest BCUT2D eigenvalue weighted by atomic mass is 10.1. The summed E-state index contributed by atoms with van der Waals surface area (Å²) in [5.41, 5.74) is 5.76. The van der Waals surface area contributed by atoms with Gasteiger partial charge in [0.05, 0.1) is 0 Å². The van der Waals surface area contributed by atoms with Crippen LogP contribution in [0.5, 0.6) is 0 Å². The van der Waals surface area contributed by atoms with E-state index in [-0.39, 0.29) is 23.1 Å². The minimum Gasteiger partial charge on any atom is -0.356 e. The molecule has 16 heavy (non-hydrogen) atoms. The van der Waals surface area contributed by atoms with Gasteiger partial charge in [0.15, 0.2) is 0 Å². The largest absolute Gasteiger partial charge is 0.356 e. The number of amides is 1. The van der Waals surface area contributed by atoms with E-state index in [1.165, 1.54) is 0 Å². The minimum atomic E-state index is -0.804. The molecule has 0 aliphatic heterocycles. The highest BCUT2D eigenvalue weighted by molar-refractivity contribution is 7.84. The predicted molar refractivity (Wildman–Crippen MR) is 66.5 cm³/mol. The third-order valence-electron chi connectivity index (χ3n) is 3.26. The van der Waals surface area contributed by atoms with Crippen molar-refractivity contribution < 1.29 is 9.00 Å². The van der Waals surface area contributed by atoms with E-state index in [2.05, 4.69) is 5.32 Å². The lowest BCUT2D eigenvalue weighted by Gasteiger charge is -2.12. The van der Waals surface area contributed by atoms with Gasteiger partial charge in [-0.2, -0.15) is 0 Å². The van der Waals surface area contributed by atoms with Crippen LogP contribution in [0.1, 0.15) is 32.6 Å². The summed E-state index contributed by atoms with van der Waals surface area (Å²) in [6, 6.07) is 0.192. The molecule has 1 fully saturated rings. The topological polar surface area (TPSA) is 72.2 Å². The second-order valence-electron chi connectivity index (χ2n) is 4.66. The molecule has 0 aromatic rings. The number of nitrogens with two attached hydrogens (primary N) is 1. The number of hydrogen-bond acceptors (Lipinski definition) is 3. The van der Waals surface area contributed by atoms with Crippen LogP contribution in [0.25, 0.3) is 0 Å². The van der Waals surface area contributed by atoms with Gasteiger partial charge < -0.3 is 11.1 Å². The zero-order valence-electron chi connectivity index (χ0n) is 10.1. The van der Waals surface area contributed by atoms with E-state index in [9.17, 15) is 9.00 Å². The molecule has 4 atom stereocenters. The van der Waals surface area contributed by atoms with Gasteiger partial charge in [-0.15, -0.1) is 0 Å². The molecule has 4 nitrogen and oxygen atoms in total. The Morgan fingerprint density at radius 1 is 1.56 bits per heavy atom. The van der Waals surface area contributed by atoms with Gasteiger partial charge in [-0.05, 0) is 25.7 Å². The highest BCUT2D eigenvalue weighted by atomic mass is 32.2. The maximum Gasteiger partial charge on any atom is 0.223 e. The number of nitrogens with one attached hydrogen (secondary N) is 1. The maximum absolute atomic E-state index is 11.7. The Hall–Kier alpha value is -0.420. The van der Waals surface area contributed by atoms with Gasteiger partial charge in [-0.25, -0.2) is 0 Å². The monoisotopic (exact) mass is 246 g/mol. The first-order valence-corrected chi connectivity index (χ1v) is 7.48. The van der Waals surface area contributed by atoms with Crippen molar-refractivity contribution in [3.63, 3.8) is 0 Å². The third kappa shape index (κ3) is 4.22. The summed E-state index contributed by atoms with van der Waals surface area (Å²) in [7, 11) is -0.804. The van der Waals surface area contributed by atoms with E-state index >= 15 is 0 Å². The number of carbonyl (C=O) groups is 1. The van der Waals surface area contributed by atoms with Gasteiger partial charge in [-0.1, -0.05) is 6.92 Å². The van der Waals surface area contributed by atoms with Gasteiger partial charge in [0, 0.05) is 40.8 Å². The summed E-state index contributed by atoms with van der Waals surface area (Å²) >= 11 is 0. The van der Waals surface area contributed by atoms with E-state index < -0.39 is 10.8 Å². The van der Waals surface area contributed by atoms with Gasteiger partial charge in [-0.3, -0.25) is 9.00 Å². The molecule has 0 saturated heterocycles. The SMILES string of the molecule is CC(CCNC(=O)C1CCC(N)C1)S(C)=O. The standard InChI is InChI=1S/C11H22N2O2S/c1-8(16(2)15)5-6-13-11(14)9-3-4-10(12)7-9/h8-10H,3-7,12H2,1-2H3,(H,13,14). The molecular weight excluding hydrogens is 224 g/mol. The van der Waals surface area contributed by atoms with Crippen molar-refractivity contribution in [3.05, 3.63) is 0 Å². The molecule has 94 valence electrons. The van der Waals surface area contributed by atoms with Crippen LogP contribution >= 0.6 is 0 Å². The average Bonchev–Trinajstić information content (AvgIpc) is 2.64. The Morgan fingerprint density at radius 2 is 2.25 bits per heavy atom. The van der Waals surface area contributed by atoms with E-state index in [1.807, 2.05) is 6.92 Å². The summed E-state index contributed by atoms with van der Waals surface area (Å²) in [6.07, 6.45) is 5.13. The van der Waals surface area contributed by atoms with Crippen molar-refractivity contribution >= 4 is 16.7 Å². The predicted octanol–water partition coefficient (Wildman–Crippen LogP) is 0.387. The van der Waals surface area contributed by atoms with E-state index in [1.54, 1.807) is 6.26 Å². The first kappa shape index (κ1) is 13.6. The summed E-state index contributed by atoms with van der Waals surface area (Å²) < 4.78 is 11.1. The molecule has 1 rings (SSSR count). The fourth-order valence-electron chi connectivity index (χ4n) is 1.96. The number of hydrogen-bond donors (Lipinski definition) is 2. The van der Waals surface area contributed by atoms with Crippen LogP contribution in [-0.4, -0.2) is 34.2 Å². The minimum absolute atomic E-state index is 0.0948. The molecule has 1 saturated carbocycles. The highest BCUT2D eigenvalue weighted by Gasteiger charge is 2.27. The molecule has 0 aromatic carbocycles. The van der Waals surface area contributed by atoms with Crippen molar-refractivity contribution in [3.8, 4) is 0 Å².